The van der Waals surface area contributed by atoms with Gasteiger partial charge in [0.25, 0.3) is 5.91 Å². The minimum Gasteiger partial charge on any atom is -0.351 e. The van der Waals surface area contributed by atoms with Crippen LogP contribution in [-0.2, 0) is 0 Å². The van der Waals surface area contributed by atoms with Crippen LogP contribution in [0, 0.1) is 0 Å². The summed E-state index contributed by atoms with van der Waals surface area (Å²) >= 11 is 7.33. The number of likely N-dealkylation sites (N-methyl/N-ethyl adjacent to an activating group) is 1. The number of amides is 1. The fourth-order valence-corrected chi connectivity index (χ4v) is 3.43. The summed E-state index contributed by atoms with van der Waals surface area (Å²) in [5.74, 6) is -0.0597. The van der Waals surface area contributed by atoms with E-state index in [4.69, 9.17) is 11.6 Å². The van der Waals surface area contributed by atoms with Crippen molar-refractivity contribution >= 4 is 28.8 Å². The number of halogens is 1. The van der Waals surface area contributed by atoms with Crippen LogP contribution in [0.2, 0.25) is 5.02 Å². The Hall–Kier alpha value is -0.620. The van der Waals surface area contributed by atoms with Gasteiger partial charge >= 0.3 is 0 Å². The van der Waals surface area contributed by atoms with E-state index in [1.165, 1.54) is 11.3 Å². The maximum atomic E-state index is 11.9. The molecule has 0 radical (unpaired) electrons. The van der Waals surface area contributed by atoms with E-state index < -0.39 is 0 Å². The predicted octanol–water partition coefficient (Wildman–Crippen LogP) is 2.16. The van der Waals surface area contributed by atoms with Gasteiger partial charge in [-0.05, 0) is 31.8 Å². The average molecular weight is 316 g/mol. The maximum absolute atomic E-state index is 11.9. The quantitative estimate of drug-likeness (QED) is 0.904. The molecule has 0 saturated carbocycles. The number of hydrogen-bond donors (Lipinski definition) is 1. The van der Waals surface area contributed by atoms with Crippen LogP contribution in [-0.4, -0.2) is 61.5 Å². The monoisotopic (exact) mass is 315 g/mol. The molecule has 1 atom stereocenters. The number of nitrogens with one attached hydrogen (secondary N) is 1. The van der Waals surface area contributed by atoms with Crippen LogP contribution in [0.5, 0.6) is 0 Å². The van der Waals surface area contributed by atoms with Crippen LogP contribution < -0.4 is 5.32 Å². The van der Waals surface area contributed by atoms with Gasteiger partial charge in [0, 0.05) is 38.8 Å². The largest absolute Gasteiger partial charge is 0.351 e. The molecule has 0 aliphatic carbocycles. The summed E-state index contributed by atoms with van der Waals surface area (Å²) in [6.07, 6.45) is 0.971. The van der Waals surface area contributed by atoms with Crippen molar-refractivity contribution in [3.05, 3.63) is 21.3 Å². The standard InChI is InChI=1S/C14H22ClN3OS/c1-11(18-8-6-17(2)7-9-18)3-5-16-14(19)13-12(15)4-10-20-13/h4,10-11H,3,5-9H2,1-2H3,(H,16,19). The molecule has 0 aromatic carbocycles. The zero-order chi connectivity index (χ0) is 14.5. The Kier molecular flexibility index (Phi) is 5.84. The second kappa shape index (κ2) is 7.41. The Morgan fingerprint density at radius 2 is 2.15 bits per heavy atom. The number of nitrogens with zero attached hydrogens (tertiary/aromatic N) is 2. The van der Waals surface area contributed by atoms with Crippen molar-refractivity contribution < 1.29 is 4.79 Å². The predicted molar refractivity (Wildman–Crippen MR) is 84.8 cm³/mol. The number of thiophene rings is 1. The SMILES string of the molecule is CC(CCNC(=O)c1sccc1Cl)N1CCN(C)CC1. The van der Waals surface area contributed by atoms with E-state index >= 15 is 0 Å². The molecule has 1 saturated heterocycles. The van der Waals surface area contributed by atoms with Crippen LogP contribution >= 0.6 is 22.9 Å². The van der Waals surface area contributed by atoms with E-state index in [-0.39, 0.29) is 5.91 Å². The Morgan fingerprint density at radius 3 is 2.75 bits per heavy atom. The molecular formula is C14H22ClN3OS. The third-order valence-corrected chi connectivity index (χ3v) is 5.17. The molecule has 2 heterocycles. The number of hydrogen-bond acceptors (Lipinski definition) is 4. The zero-order valence-corrected chi connectivity index (χ0v) is 13.6. The van der Waals surface area contributed by atoms with Gasteiger partial charge in [-0.25, -0.2) is 0 Å². The van der Waals surface area contributed by atoms with Crippen molar-refractivity contribution in [2.75, 3.05) is 39.8 Å². The maximum Gasteiger partial charge on any atom is 0.262 e. The van der Waals surface area contributed by atoms with Gasteiger partial charge in [0.15, 0.2) is 0 Å². The summed E-state index contributed by atoms with van der Waals surface area (Å²) in [5.41, 5.74) is 0. The highest BCUT2D eigenvalue weighted by Crippen LogP contribution is 2.21. The Labute approximate surface area is 129 Å². The summed E-state index contributed by atoms with van der Waals surface area (Å²) in [6, 6.07) is 2.26. The summed E-state index contributed by atoms with van der Waals surface area (Å²) in [4.78, 5) is 17.4. The fraction of sp³-hybridized carbons (Fsp3) is 0.643. The van der Waals surface area contributed by atoms with Gasteiger partial charge in [-0.3, -0.25) is 9.69 Å². The number of carbonyl (C=O) groups is 1. The first-order valence-corrected chi connectivity index (χ1v) is 8.27. The van der Waals surface area contributed by atoms with Crippen LogP contribution in [0.3, 0.4) is 0 Å². The molecule has 1 fully saturated rings. The van der Waals surface area contributed by atoms with Gasteiger partial charge in [-0.2, -0.15) is 0 Å². The summed E-state index contributed by atoms with van der Waals surface area (Å²) in [6.45, 7) is 7.41. The first-order valence-electron chi connectivity index (χ1n) is 7.01. The first kappa shape index (κ1) is 15.8. The van der Waals surface area contributed by atoms with Gasteiger partial charge < -0.3 is 10.2 Å². The van der Waals surface area contributed by atoms with E-state index in [9.17, 15) is 4.79 Å². The lowest BCUT2D eigenvalue weighted by Gasteiger charge is -2.36. The van der Waals surface area contributed by atoms with Gasteiger partial charge in [0.1, 0.15) is 4.88 Å². The third kappa shape index (κ3) is 4.19. The Balaban J connectivity index is 1.70. The minimum absolute atomic E-state index is 0.0597. The van der Waals surface area contributed by atoms with E-state index in [0.717, 1.165) is 32.6 Å². The Bertz CT molecular complexity index is 443. The highest BCUT2D eigenvalue weighted by Gasteiger charge is 2.19. The summed E-state index contributed by atoms with van der Waals surface area (Å²) in [5, 5.41) is 5.33. The molecular weight excluding hydrogens is 294 g/mol. The normalized spacial score (nSPS) is 18.9. The lowest BCUT2D eigenvalue weighted by atomic mass is 10.1. The second-order valence-electron chi connectivity index (χ2n) is 5.33. The number of rotatable bonds is 5. The third-order valence-electron chi connectivity index (χ3n) is 3.83. The highest BCUT2D eigenvalue weighted by molar-refractivity contribution is 7.12. The minimum atomic E-state index is -0.0597. The lowest BCUT2D eigenvalue weighted by Crippen LogP contribution is -2.48. The fourth-order valence-electron chi connectivity index (χ4n) is 2.38. The molecule has 1 aliphatic heterocycles. The molecule has 0 bridgehead atoms. The summed E-state index contributed by atoms with van der Waals surface area (Å²) in [7, 11) is 2.16. The second-order valence-corrected chi connectivity index (χ2v) is 6.65. The van der Waals surface area contributed by atoms with Gasteiger partial charge in [0.05, 0.1) is 5.02 Å². The molecule has 4 nitrogen and oxygen atoms in total. The lowest BCUT2D eigenvalue weighted by molar-refractivity contribution is 0.0939. The molecule has 1 aromatic heterocycles. The average Bonchev–Trinajstić information content (AvgIpc) is 2.85. The molecule has 2 rings (SSSR count). The van der Waals surface area contributed by atoms with Crippen molar-refractivity contribution in [3.63, 3.8) is 0 Å². The zero-order valence-electron chi connectivity index (χ0n) is 12.1. The molecule has 6 heteroatoms. The molecule has 1 N–H and O–H groups in total. The molecule has 1 amide bonds. The highest BCUT2D eigenvalue weighted by atomic mass is 35.5. The van der Waals surface area contributed by atoms with Crippen LogP contribution in [0.25, 0.3) is 0 Å². The Morgan fingerprint density at radius 1 is 1.45 bits per heavy atom. The van der Waals surface area contributed by atoms with Crippen molar-refractivity contribution in [2.45, 2.75) is 19.4 Å². The van der Waals surface area contributed by atoms with E-state index in [1.807, 2.05) is 5.38 Å². The van der Waals surface area contributed by atoms with Gasteiger partial charge in [-0.15, -0.1) is 11.3 Å². The van der Waals surface area contributed by atoms with E-state index in [2.05, 4.69) is 29.1 Å². The number of piperazine rings is 1. The van der Waals surface area contributed by atoms with Crippen molar-refractivity contribution in [1.29, 1.82) is 0 Å². The van der Waals surface area contributed by atoms with Crippen molar-refractivity contribution in [1.82, 2.24) is 15.1 Å². The van der Waals surface area contributed by atoms with Crippen LogP contribution in [0.15, 0.2) is 11.4 Å². The van der Waals surface area contributed by atoms with Gasteiger partial charge in [0.2, 0.25) is 0 Å². The smallest absolute Gasteiger partial charge is 0.262 e. The molecule has 1 aliphatic rings. The molecule has 1 unspecified atom stereocenters. The first-order chi connectivity index (χ1) is 9.58. The van der Waals surface area contributed by atoms with E-state index in [0.29, 0.717) is 22.5 Å². The van der Waals surface area contributed by atoms with E-state index in [1.54, 1.807) is 6.07 Å². The van der Waals surface area contributed by atoms with Crippen LogP contribution in [0.1, 0.15) is 23.0 Å². The topological polar surface area (TPSA) is 35.6 Å². The van der Waals surface area contributed by atoms with Crippen LogP contribution in [0.4, 0.5) is 0 Å². The molecule has 0 spiro atoms. The van der Waals surface area contributed by atoms with Gasteiger partial charge in [-0.1, -0.05) is 11.6 Å². The van der Waals surface area contributed by atoms with Crippen molar-refractivity contribution in [3.8, 4) is 0 Å². The molecule has 20 heavy (non-hydrogen) atoms. The number of carbonyl (C=O) groups excluding carboxylic acids is 1. The van der Waals surface area contributed by atoms with Crippen molar-refractivity contribution in [2.24, 2.45) is 0 Å². The molecule has 1 aromatic rings. The summed E-state index contributed by atoms with van der Waals surface area (Å²) < 4.78 is 0. The molecule has 112 valence electrons.